The molecule has 6 nitrogen and oxygen atoms in total. The minimum absolute atomic E-state index is 0.412. The van der Waals surface area contributed by atoms with Crippen molar-refractivity contribution < 1.29 is 9.21 Å². The highest BCUT2D eigenvalue weighted by Crippen LogP contribution is 2.29. The topological polar surface area (TPSA) is 94.9 Å². The third-order valence-corrected chi connectivity index (χ3v) is 4.99. The molecule has 1 amide bonds. The highest BCUT2D eigenvalue weighted by Gasteiger charge is 2.18. The standard InChI is InChI=1S/C18H18N4O2S/c1-10-11(2)15(16(19)23)18(20-12(10)3)25-9-14-21-22-17(24-14)13-7-5-4-6-8-13/h4-8H,9H2,1-3H3,(H2,19,23). The van der Waals surface area contributed by atoms with Gasteiger partial charge in [-0.2, -0.15) is 0 Å². The molecule has 1 aromatic carbocycles. The maximum Gasteiger partial charge on any atom is 0.251 e. The Bertz CT molecular complexity index is 922. The summed E-state index contributed by atoms with van der Waals surface area (Å²) < 4.78 is 5.69. The van der Waals surface area contributed by atoms with Crippen molar-refractivity contribution in [2.24, 2.45) is 5.73 Å². The monoisotopic (exact) mass is 354 g/mol. The van der Waals surface area contributed by atoms with E-state index in [0.29, 0.717) is 28.1 Å². The Balaban J connectivity index is 1.83. The number of primary amides is 1. The van der Waals surface area contributed by atoms with E-state index in [-0.39, 0.29) is 0 Å². The summed E-state index contributed by atoms with van der Waals surface area (Å²) in [6.07, 6.45) is 0. The van der Waals surface area contributed by atoms with Gasteiger partial charge in [0.05, 0.1) is 11.3 Å². The molecule has 2 heterocycles. The van der Waals surface area contributed by atoms with E-state index < -0.39 is 5.91 Å². The molecule has 2 aromatic heterocycles. The number of aryl methyl sites for hydroxylation is 1. The number of nitrogens with two attached hydrogens (primary N) is 1. The molecule has 0 aliphatic rings. The van der Waals surface area contributed by atoms with Crippen LogP contribution in [0.5, 0.6) is 0 Å². The fourth-order valence-electron chi connectivity index (χ4n) is 2.45. The largest absolute Gasteiger partial charge is 0.420 e. The van der Waals surface area contributed by atoms with Crippen LogP contribution in [0.2, 0.25) is 0 Å². The summed E-state index contributed by atoms with van der Waals surface area (Å²) in [6, 6.07) is 9.56. The number of benzene rings is 1. The van der Waals surface area contributed by atoms with Crippen molar-refractivity contribution in [3.8, 4) is 11.5 Å². The van der Waals surface area contributed by atoms with Gasteiger partial charge in [0, 0.05) is 11.3 Å². The summed E-state index contributed by atoms with van der Waals surface area (Å²) in [6.45, 7) is 5.73. The van der Waals surface area contributed by atoms with Crippen molar-refractivity contribution in [1.29, 1.82) is 0 Å². The molecular formula is C18H18N4O2S. The Labute approximate surface area is 149 Å². The highest BCUT2D eigenvalue weighted by molar-refractivity contribution is 7.98. The Morgan fingerprint density at radius 1 is 1.12 bits per heavy atom. The lowest BCUT2D eigenvalue weighted by atomic mass is 10.0. The molecule has 7 heteroatoms. The molecule has 25 heavy (non-hydrogen) atoms. The van der Waals surface area contributed by atoms with Crippen LogP contribution >= 0.6 is 11.8 Å². The highest BCUT2D eigenvalue weighted by atomic mass is 32.2. The van der Waals surface area contributed by atoms with Crippen molar-refractivity contribution in [2.45, 2.75) is 31.6 Å². The number of carbonyl (C=O) groups is 1. The average molecular weight is 354 g/mol. The van der Waals surface area contributed by atoms with E-state index in [2.05, 4.69) is 15.2 Å². The van der Waals surface area contributed by atoms with Gasteiger partial charge in [-0.15, -0.1) is 10.2 Å². The van der Waals surface area contributed by atoms with Gasteiger partial charge in [0.25, 0.3) is 5.91 Å². The molecule has 0 spiro atoms. The van der Waals surface area contributed by atoms with Crippen LogP contribution in [0.1, 0.15) is 33.1 Å². The number of thioether (sulfide) groups is 1. The van der Waals surface area contributed by atoms with Crippen molar-refractivity contribution >= 4 is 17.7 Å². The number of pyridine rings is 1. The summed E-state index contributed by atoms with van der Waals surface area (Å²) >= 11 is 1.37. The lowest BCUT2D eigenvalue weighted by Gasteiger charge is -2.12. The van der Waals surface area contributed by atoms with Crippen molar-refractivity contribution in [1.82, 2.24) is 15.2 Å². The molecule has 128 valence electrons. The first-order valence-electron chi connectivity index (χ1n) is 7.75. The fraction of sp³-hybridized carbons (Fsp3) is 0.222. The van der Waals surface area contributed by atoms with Gasteiger partial charge in [-0.05, 0) is 44.0 Å². The first-order valence-corrected chi connectivity index (χ1v) is 8.74. The normalized spacial score (nSPS) is 10.8. The maximum atomic E-state index is 11.8. The van der Waals surface area contributed by atoms with E-state index in [9.17, 15) is 4.79 Å². The van der Waals surface area contributed by atoms with Crippen LogP contribution in [-0.4, -0.2) is 21.1 Å². The van der Waals surface area contributed by atoms with Gasteiger partial charge >= 0.3 is 0 Å². The molecule has 0 unspecified atom stereocenters. The van der Waals surface area contributed by atoms with Crippen molar-refractivity contribution in [3.63, 3.8) is 0 Å². The number of carbonyl (C=O) groups excluding carboxylic acids is 1. The van der Waals surface area contributed by atoms with Gasteiger partial charge < -0.3 is 10.2 Å². The molecule has 0 saturated heterocycles. The average Bonchev–Trinajstić information content (AvgIpc) is 3.07. The van der Waals surface area contributed by atoms with E-state index in [1.807, 2.05) is 51.1 Å². The molecule has 3 aromatic rings. The molecule has 0 fully saturated rings. The zero-order valence-corrected chi connectivity index (χ0v) is 15.1. The van der Waals surface area contributed by atoms with Gasteiger partial charge in [-0.1, -0.05) is 30.0 Å². The van der Waals surface area contributed by atoms with Gasteiger partial charge in [0.2, 0.25) is 11.8 Å². The Hall–Kier alpha value is -2.67. The second kappa shape index (κ2) is 7.06. The van der Waals surface area contributed by atoms with Crippen molar-refractivity contribution in [2.75, 3.05) is 0 Å². The van der Waals surface area contributed by atoms with Gasteiger partial charge in [-0.25, -0.2) is 4.98 Å². The van der Waals surface area contributed by atoms with Crippen LogP contribution < -0.4 is 5.73 Å². The van der Waals surface area contributed by atoms with Crippen LogP contribution in [0.25, 0.3) is 11.5 Å². The Morgan fingerprint density at radius 2 is 1.84 bits per heavy atom. The van der Waals surface area contributed by atoms with E-state index in [1.165, 1.54) is 11.8 Å². The summed E-state index contributed by atoms with van der Waals surface area (Å²) in [5.74, 6) is 0.869. The molecule has 3 rings (SSSR count). The molecule has 0 aliphatic heterocycles. The van der Waals surface area contributed by atoms with E-state index >= 15 is 0 Å². The number of amides is 1. The number of aromatic nitrogens is 3. The minimum atomic E-state index is -0.480. The smallest absolute Gasteiger partial charge is 0.251 e. The third kappa shape index (κ3) is 3.56. The number of hydrogen-bond acceptors (Lipinski definition) is 6. The van der Waals surface area contributed by atoms with Crippen LogP contribution in [0.3, 0.4) is 0 Å². The summed E-state index contributed by atoms with van der Waals surface area (Å²) in [4.78, 5) is 16.3. The van der Waals surface area contributed by atoms with Gasteiger partial charge in [-0.3, -0.25) is 4.79 Å². The van der Waals surface area contributed by atoms with Gasteiger partial charge in [0.15, 0.2) is 0 Å². The number of hydrogen-bond donors (Lipinski definition) is 1. The predicted octanol–water partition coefficient (Wildman–Crippen LogP) is 3.45. The number of rotatable bonds is 5. The SMILES string of the molecule is Cc1nc(SCc2nnc(-c3ccccc3)o2)c(C(N)=O)c(C)c1C. The van der Waals surface area contributed by atoms with Gasteiger partial charge in [0.1, 0.15) is 5.03 Å². The zero-order valence-electron chi connectivity index (χ0n) is 14.2. The second-order valence-electron chi connectivity index (χ2n) is 5.65. The fourth-order valence-corrected chi connectivity index (χ4v) is 3.42. The van der Waals surface area contributed by atoms with E-state index in [1.54, 1.807) is 0 Å². The van der Waals surface area contributed by atoms with Crippen LogP contribution in [0.4, 0.5) is 0 Å². The van der Waals surface area contributed by atoms with E-state index in [4.69, 9.17) is 10.2 Å². The number of nitrogens with zero attached hydrogens (tertiary/aromatic N) is 3. The third-order valence-electron chi connectivity index (χ3n) is 4.03. The summed E-state index contributed by atoms with van der Waals surface area (Å²) in [5, 5.41) is 8.72. The quantitative estimate of drug-likeness (QED) is 0.705. The van der Waals surface area contributed by atoms with Crippen LogP contribution in [-0.2, 0) is 5.75 Å². The molecule has 0 radical (unpaired) electrons. The first-order chi connectivity index (χ1) is 12.0. The molecule has 0 bridgehead atoms. The molecule has 0 atom stereocenters. The molecule has 0 saturated carbocycles. The molecular weight excluding hydrogens is 336 g/mol. The van der Waals surface area contributed by atoms with Crippen molar-refractivity contribution in [3.05, 3.63) is 58.6 Å². The Morgan fingerprint density at radius 3 is 2.52 bits per heavy atom. The van der Waals surface area contributed by atoms with E-state index in [0.717, 1.165) is 22.4 Å². The first kappa shape index (κ1) is 17.2. The molecule has 2 N–H and O–H groups in total. The lowest BCUT2D eigenvalue weighted by molar-refractivity contribution is 0.0996. The van der Waals surface area contributed by atoms with Crippen LogP contribution in [0, 0.1) is 20.8 Å². The molecule has 0 aliphatic carbocycles. The zero-order chi connectivity index (χ0) is 18.0. The lowest BCUT2D eigenvalue weighted by Crippen LogP contribution is -2.16. The minimum Gasteiger partial charge on any atom is -0.420 e. The Kier molecular flexibility index (Phi) is 4.85. The second-order valence-corrected chi connectivity index (χ2v) is 6.61. The van der Waals surface area contributed by atoms with Crippen LogP contribution in [0.15, 0.2) is 39.8 Å². The summed E-state index contributed by atoms with van der Waals surface area (Å²) in [5.41, 5.74) is 9.57. The predicted molar refractivity (Wildman–Crippen MR) is 96.3 cm³/mol. The summed E-state index contributed by atoms with van der Waals surface area (Å²) in [7, 11) is 0. The maximum absolute atomic E-state index is 11.8.